The van der Waals surface area contributed by atoms with Gasteiger partial charge < -0.3 is 10.4 Å². The molecule has 0 radical (unpaired) electrons. The summed E-state index contributed by atoms with van der Waals surface area (Å²) in [7, 11) is 0. The third-order valence-corrected chi connectivity index (χ3v) is 3.73. The fourth-order valence-corrected chi connectivity index (χ4v) is 2.54. The molecule has 0 aliphatic rings. The third-order valence-electron chi connectivity index (χ3n) is 2.58. The number of anilines is 1. The molecule has 0 atom stereocenters. The number of nitrogens with one attached hydrogen (secondary N) is 1. The van der Waals surface area contributed by atoms with Crippen molar-refractivity contribution in [2.75, 3.05) is 5.32 Å². The Morgan fingerprint density at radius 2 is 1.81 bits per heavy atom. The fraction of sp³-hybridized carbons (Fsp3) is 0. The summed E-state index contributed by atoms with van der Waals surface area (Å²) < 4.78 is 14.1. The van der Waals surface area contributed by atoms with Gasteiger partial charge in [0.1, 0.15) is 5.82 Å². The minimum atomic E-state index is -1.12. The molecular formula is C14H8Br2FNO3. The Morgan fingerprint density at radius 3 is 2.43 bits per heavy atom. The van der Waals surface area contributed by atoms with Crippen LogP contribution in [0.1, 0.15) is 20.7 Å². The molecule has 2 rings (SSSR count). The SMILES string of the molecule is O=C(Nc1ccc(Br)c(C(=O)O)c1)c1cc(F)cc(Br)c1. The van der Waals surface area contributed by atoms with Crippen LogP contribution in [0.3, 0.4) is 0 Å². The Balaban J connectivity index is 2.27. The molecule has 21 heavy (non-hydrogen) atoms. The Labute approximate surface area is 136 Å². The zero-order valence-electron chi connectivity index (χ0n) is 10.4. The predicted octanol–water partition coefficient (Wildman–Crippen LogP) is 4.30. The zero-order valence-corrected chi connectivity index (χ0v) is 13.5. The van der Waals surface area contributed by atoms with E-state index in [0.29, 0.717) is 14.6 Å². The first-order valence-electron chi connectivity index (χ1n) is 5.67. The summed E-state index contributed by atoms with van der Waals surface area (Å²) >= 11 is 6.21. The number of benzene rings is 2. The number of halogens is 3. The van der Waals surface area contributed by atoms with Crippen molar-refractivity contribution in [3.05, 3.63) is 62.3 Å². The molecule has 0 bridgehead atoms. The molecule has 2 aromatic rings. The van der Waals surface area contributed by atoms with Crippen LogP contribution in [-0.4, -0.2) is 17.0 Å². The molecule has 0 aliphatic heterocycles. The lowest BCUT2D eigenvalue weighted by Crippen LogP contribution is -2.13. The largest absolute Gasteiger partial charge is 0.478 e. The molecule has 0 saturated carbocycles. The first kappa shape index (κ1) is 15.7. The Kier molecular flexibility index (Phi) is 4.74. The van der Waals surface area contributed by atoms with E-state index >= 15 is 0 Å². The minimum absolute atomic E-state index is 0.0215. The van der Waals surface area contributed by atoms with Crippen LogP contribution in [0.5, 0.6) is 0 Å². The van der Waals surface area contributed by atoms with E-state index in [2.05, 4.69) is 37.2 Å². The van der Waals surface area contributed by atoms with Crippen molar-refractivity contribution in [1.82, 2.24) is 0 Å². The molecule has 0 fully saturated rings. The molecular weight excluding hydrogens is 409 g/mol. The van der Waals surface area contributed by atoms with Gasteiger partial charge in [0.15, 0.2) is 0 Å². The van der Waals surface area contributed by atoms with Crippen LogP contribution in [0.25, 0.3) is 0 Å². The number of carbonyl (C=O) groups is 2. The van der Waals surface area contributed by atoms with Gasteiger partial charge in [-0.05, 0) is 52.3 Å². The standard InChI is InChI=1S/C14H8Br2FNO3/c15-8-3-7(4-9(17)5-8)13(19)18-10-1-2-12(16)11(6-10)14(20)21/h1-6H,(H,18,19)(H,20,21). The van der Waals surface area contributed by atoms with Gasteiger partial charge >= 0.3 is 5.97 Å². The number of rotatable bonds is 3. The van der Waals surface area contributed by atoms with Crippen molar-refractivity contribution in [2.45, 2.75) is 0 Å². The Bertz CT molecular complexity index is 714. The van der Waals surface area contributed by atoms with Gasteiger partial charge in [-0.25, -0.2) is 9.18 Å². The normalized spacial score (nSPS) is 10.2. The highest BCUT2D eigenvalue weighted by atomic mass is 79.9. The maximum absolute atomic E-state index is 13.3. The molecule has 0 unspecified atom stereocenters. The van der Waals surface area contributed by atoms with E-state index in [1.54, 1.807) is 6.07 Å². The Hall–Kier alpha value is -1.73. The van der Waals surface area contributed by atoms with Gasteiger partial charge in [-0.2, -0.15) is 0 Å². The van der Waals surface area contributed by atoms with Gasteiger partial charge in [0.25, 0.3) is 5.91 Å². The van der Waals surface area contributed by atoms with Gasteiger partial charge in [-0.1, -0.05) is 15.9 Å². The summed E-state index contributed by atoms with van der Waals surface area (Å²) in [4.78, 5) is 23.0. The summed E-state index contributed by atoms with van der Waals surface area (Å²) in [6.07, 6.45) is 0. The summed E-state index contributed by atoms with van der Waals surface area (Å²) in [5.74, 6) is -2.20. The number of hydrogen-bond donors (Lipinski definition) is 2. The van der Waals surface area contributed by atoms with Crippen molar-refractivity contribution in [1.29, 1.82) is 0 Å². The second kappa shape index (κ2) is 6.36. The molecule has 4 nitrogen and oxygen atoms in total. The number of carboxylic acid groups (broad SMARTS) is 1. The van der Waals surface area contributed by atoms with Crippen molar-refractivity contribution < 1.29 is 19.1 Å². The number of carboxylic acids is 1. The molecule has 0 saturated heterocycles. The van der Waals surface area contributed by atoms with Crippen LogP contribution in [0, 0.1) is 5.82 Å². The average Bonchev–Trinajstić information content (AvgIpc) is 2.39. The lowest BCUT2D eigenvalue weighted by molar-refractivity contribution is 0.0695. The molecule has 1 amide bonds. The summed E-state index contributed by atoms with van der Waals surface area (Å²) in [6, 6.07) is 8.17. The fourth-order valence-electron chi connectivity index (χ4n) is 1.66. The van der Waals surface area contributed by atoms with E-state index in [1.165, 1.54) is 24.3 Å². The van der Waals surface area contributed by atoms with Gasteiger partial charge in [-0.15, -0.1) is 0 Å². The van der Waals surface area contributed by atoms with Crippen LogP contribution in [0.4, 0.5) is 10.1 Å². The molecule has 0 heterocycles. The number of carbonyl (C=O) groups excluding carboxylic acids is 1. The average molecular weight is 417 g/mol. The van der Waals surface area contributed by atoms with Crippen molar-refractivity contribution in [3.8, 4) is 0 Å². The minimum Gasteiger partial charge on any atom is -0.478 e. The van der Waals surface area contributed by atoms with Crippen molar-refractivity contribution in [2.24, 2.45) is 0 Å². The smallest absolute Gasteiger partial charge is 0.336 e. The highest BCUT2D eigenvalue weighted by Gasteiger charge is 2.12. The van der Waals surface area contributed by atoms with Crippen LogP contribution in [-0.2, 0) is 0 Å². The van der Waals surface area contributed by atoms with E-state index in [1.807, 2.05) is 0 Å². The summed E-state index contributed by atoms with van der Waals surface area (Å²) in [5, 5.41) is 11.5. The quantitative estimate of drug-likeness (QED) is 0.783. The molecule has 0 aliphatic carbocycles. The molecule has 0 spiro atoms. The summed E-state index contributed by atoms with van der Waals surface area (Å²) in [6.45, 7) is 0. The second-order valence-corrected chi connectivity index (χ2v) is 5.88. The second-order valence-electron chi connectivity index (χ2n) is 4.11. The number of hydrogen-bond acceptors (Lipinski definition) is 2. The third kappa shape index (κ3) is 3.89. The monoisotopic (exact) mass is 415 g/mol. The molecule has 7 heteroatoms. The zero-order chi connectivity index (χ0) is 15.6. The van der Waals surface area contributed by atoms with Gasteiger partial charge in [-0.3, -0.25) is 4.79 Å². The summed E-state index contributed by atoms with van der Waals surface area (Å²) in [5.41, 5.74) is 0.455. The van der Waals surface area contributed by atoms with E-state index in [-0.39, 0.29) is 11.1 Å². The highest BCUT2D eigenvalue weighted by molar-refractivity contribution is 9.10. The Morgan fingerprint density at radius 1 is 1.10 bits per heavy atom. The van der Waals surface area contributed by atoms with E-state index in [0.717, 1.165) is 6.07 Å². The van der Waals surface area contributed by atoms with Crippen LogP contribution >= 0.6 is 31.9 Å². The molecule has 2 aromatic carbocycles. The van der Waals surface area contributed by atoms with Gasteiger partial charge in [0, 0.05) is 20.2 Å². The van der Waals surface area contributed by atoms with E-state index in [4.69, 9.17) is 5.11 Å². The number of amides is 1. The highest BCUT2D eigenvalue weighted by Crippen LogP contribution is 2.22. The van der Waals surface area contributed by atoms with E-state index in [9.17, 15) is 14.0 Å². The topological polar surface area (TPSA) is 66.4 Å². The van der Waals surface area contributed by atoms with E-state index < -0.39 is 17.7 Å². The maximum Gasteiger partial charge on any atom is 0.336 e. The van der Waals surface area contributed by atoms with Gasteiger partial charge in [0.05, 0.1) is 5.56 Å². The predicted molar refractivity (Wildman–Crippen MR) is 83.2 cm³/mol. The van der Waals surface area contributed by atoms with Crippen LogP contribution in [0.2, 0.25) is 0 Å². The number of aromatic carboxylic acids is 1. The first-order valence-corrected chi connectivity index (χ1v) is 7.25. The molecule has 2 N–H and O–H groups in total. The lowest BCUT2D eigenvalue weighted by Gasteiger charge is -2.08. The maximum atomic E-state index is 13.3. The van der Waals surface area contributed by atoms with Crippen molar-refractivity contribution >= 4 is 49.4 Å². The molecule has 0 aromatic heterocycles. The first-order chi connectivity index (χ1) is 9.86. The lowest BCUT2D eigenvalue weighted by atomic mass is 10.1. The van der Waals surface area contributed by atoms with Gasteiger partial charge in [0.2, 0.25) is 0 Å². The van der Waals surface area contributed by atoms with Crippen LogP contribution < -0.4 is 5.32 Å². The van der Waals surface area contributed by atoms with Crippen LogP contribution in [0.15, 0.2) is 45.3 Å². The molecule has 108 valence electrons. The van der Waals surface area contributed by atoms with Crippen molar-refractivity contribution in [3.63, 3.8) is 0 Å².